The molecule has 5 atom stereocenters. The minimum absolute atomic E-state index is 0.0412. The minimum Gasteiger partial charge on any atom is -0.465 e. The summed E-state index contributed by atoms with van der Waals surface area (Å²) in [6.45, 7) is 13.3. The molecule has 5 rings (SSSR count). The van der Waals surface area contributed by atoms with E-state index >= 15 is 0 Å². The summed E-state index contributed by atoms with van der Waals surface area (Å²) < 4.78 is 34.0. The first-order valence-corrected chi connectivity index (χ1v) is 14.0. The molecule has 6 heteroatoms. The Morgan fingerprint density at radius 2 is 1.50 bits per heavy atom. The van der Waals surface area contributed by atoms with E-state index in [4.69, 9.17) is 28.4 Å². The lowest BCUT2D eigenvalue weighted by Gasteiger charge is -2.27. The summed E-state index contributed by atoms with van der Waals surface area (Å²) in [5.41, 5.74) is 5.22. The van der Waals surface area contributed by atoms with Crippen molar-refractivity contribution in [1.82, 2.24) is 0 Å². The van der Waals surface area contributed by atoms with Gasteiger partial charge in [0, 0.05) is 5.56 Å². The van der Waals surface area contributed by atoms with Gasteiger partial charge in [-0.25, -0.2) is 0 Å². The fourth-order valence-electron chi connectivity index (χ4n) is 4.89. The monoisotopic (exact) mass is 522 g/mol. The Balaban J connectivity index is 1.19. The number of ether oxygens (including phenoxy) is 6. The molecule has 2 aromatic rings. The Bertz CT molecular complexity index is 1090. The average molecular weight is 523 g/mol. The highest BCUT2D eigenvalue weighted by Gasteiger charge is 2.26. The first-order chi connectivity index (χ1) is 18.2. The van der Waals surface area contributed by atoms with Crippen LogP contribution in [0, 0.1) is 0 Å². The SMILES string of the molecule is CC(OCC1CO1)Oc1ccc(C2CC=C(c3ccc(OC(C)OCC4CO4)c(C(C)(C)C)c3)CC2)cc1. The molecule has 2 aliphatic heterocycles. The van der Waals surface area contributed by atoms with E-state index in [0.717, 1.165) is 44.0 Å². The van der Waals surface area contributed by atoms with Crippen molar-refractivity contribution in [2.45, 2.75) is 90.0 Å². The predicted octanol–water partition coefficient (Wildman–Crippen LogP) is 6.62. The zero-order valence-corrected chi connectivity index (χ0v) is 23.4. The first-order valence-electron chi connectivity index (χ1n) is 14.0. The number of epoxide rings is 2. The van der Waals surface area contributed by atoms with Gasteiger partial charge in [-0.1, -0.05) is 45.0 Å². The maximum absolute atomic E-state index is 6.21. The van der Waals surface area contributed by atoms with Crippen LogP contribution in [-0.2, 0) is 24.4 Å². The van der Waals surface area contributed by atoms with Crippen LogP contribution in [0.2, 0.25) is 0 Å². The molecule has 0 amide bonds. The van der Waals surface area contributed by atoms with E-state index in [0.29, 0.717) is 19.1 Å². The molecule has 2 fully saturated rings. The van der Waals surface area contributed by atoms with Crippen LogP contribution in [0.15, 0.2) is 48.5 Å². The molecule has 1 aliphatic carbocycles. The standard InChI is InChI=1S/C32H42O6/c1-21(33-17-28-19-35-28)37-27-13-10-24(11-14-27)23-6-8-25(9-7-23)26-12-15-31(30(16-26)32(3,4)5)38-22(2)34-18-29-20-36-29/h8,10-16,21-23,28-29H,6-7,9,17-20H2,1-5H3. The molecular formula is C32H42O6. The third-order valence-corrected chi connectivity index (χ3v) is 7.35. The number of hydrogen-bond donors (Lipinski definition) is 0. The molecule has 6 nitrogen and oxygen atoms in total. The molecule has 0 N–H and O–H groups in total. The van der Waals surface area contributed by atoms with Crippen molar-refractivity contribution in [3.8, 4) is 11.5 Å². The maximum atomic E-state index is 6.21. The second-order valence-electron chi connectivity index (χ2n) is 11.7. The van der Waals surface area contributed by atoms with E-state index in [1.165, 1.54) is 22.3 Å². The average Bonchev–Trinajstić information content (AvgIpc) is 3.82. The third kappa shape index (κ3) is 7.60. The molecule has 0 saturated carbocycles. The number of rotatable bonds is 12. The van der Waals surface area contributed by atoms with Crippen molar-refractivity contribution in [3.05, 3.63) is 65.2 Å². The van der Waals surface area contributed by atoms with Crippen LogP contribution in [0.5, 0.6) is 11.5 Å². The second kappa shape index (κ2) is 11.8. The highest BCUT2D eigenvalue weighted by atomic mass is 16.7. The van der Waals surface area contributed by atoms with Crippen LogP contribution < -0.4 is 9.47 Å². The van der Waals surface area contributed by atoms with Gasteiger partial charge in [-0.3, -0.25) is 0 Å². The van der Waals surface area contributed by atoms with Gasteiger partial charge in [-0.2, -0.15) is 0 Å². The van der Waals surface area contributed by atoms with Crippen LogP contribution in [0.4, 0.5) is 0 Å². The molecule has 206 valence electrons. The van der Waals surface area contributed by atoms with E-state index in [-0.39, 0.29) is 30.2 Å². The van der Waals surface area contributed by atoms with Crippen molar-refractivity contribution in [2.24, 2.45) is 0 Å². The Morgan fingerprint density at radius 3 is 2.05 bits per heavy atom. The molecule has 0 radical (unpaired) electrons. The molecule has 5 unspecified atom stereocenters. The third-order valence-electron chi connectivity index (χ3n) is 7.35. The molecule has 0 spiro atoms. The van der Waals surface area contributed by atoms with Gasteiger partial charge in [0.15, 0.2) is 12.6 Å². The van der Waals surface area contributed by atoms with Crippen LogP contribution >= 0.6 is 0 Å². The Labute approximate surface area is 227 Å². The molecule has 38 heavy (non-hydrogen) atoms. The topological polar surface area (TPSA) is 62.0 Å². The molecule has 2 saturated heterocycles. The lowest BCUT2D eigenvalue weighted by atomic mass is 9.80. The van der Waals surface area contributed by atoms with E-state index in [1.54, 1.807) is 0 Å². The van der Waals surface area contributed by atoms with Crippen LogP contribution in [0.1, 0.15) is 76.5 Å². The van der Waals surface area contributed by atoms with Crippen molar-refractivity contribution >= 4 is 5.57 Å². The molecule has 0 aromatic heterocycles. The van der Waals surface area contributed by atoms with Gasteiger partial charge >= 0.3 is 0 Å². The smallest absolute Gasteiger partial charge is 0.197 e. The lowest BCUT2D eigenvalue weighted by Crippen LogP contribution is -2.22. The number of hydrogen-bond acceptors (Lipinski definition) is 6. The van der Waals surface area contributed by atoms with Crippen molar-refractivity contribution in [2.75, 3.05) is 26.4 Å². The van der Waals surface area contributed by atoms with Crippen LogP contribution in [0.3, 0.4) is 0 Å². The second-order valence-corrected chi connectivity index (χ2v) is 11.7. The number of benzene rings is 2. The Hall–Kier alpha value is -2.38. The summed E-state index contributed by atoms with van der Waals surface area (Å²) >= 11 is 0. The van der Waals surface area contributed by atoms with Crippen LogP contribution in [-0.4, -0.2) is 51.2 Å². The van der Waals surface area contributed by atoms with Gasteiger partial charge < -0.3 is 28.4 Å². The van der Waals surface area contributed by atoms with Crippen LogP contribution in [0.25, 0.3) is 5.57 Å². The zero-order valence-electron chi connectivity index (χ0n) is 23.4. The summed E-state index contributed by atoms with van der Waals surface area (Å²) in [7, 11) is 0. The molecule has 2 aromatic carbocycles. The highest BCUT2D eigenvalue weighted by Crippen LogP contribution is 2.40. The van der Waals surface area contributed by atoms with Gasteiger partial charge in [-0.05, 0) is 85.4 Å². The fourth-order valence-corrected chi connectivity index (χ4v) is 4.89. The maximum Gasteiger partial charge on any atom is 0.197 e. The molecule has 0 bridgehead atoms. The summed E-state index contributed by atoms with van der Waals surface area (Å²) in [4.78, 5) is 0. The predicted molar refractivity (Wildman–Crippen MR) is 148 cm³/mol. The van der Waals surface area contributed by atoms with Gasteiger partial charge in [0.1, 0.15) is 23.7 Å². The highest BCUT2D eigenvalue weighted by molar-refractivity contribution is 5.68. The summed E-state index contributed by atoms with van der Waals surface area (Å²) in [6.07, 6.45) is 5.51. The lowest BCUT2D eigenvalue weighted by molar-refractivity contribution is -0.0717. The van der Waals surface area contributed by atoms with Gasteiger partial charge in [-0.15, -0.1) is 0 Å². The van der Waals surface area contributed by atoms with E-state index < -0.39 is 0 Å². The summed E-state index contributed by atoms with van der Waals surface area (Å²) in [5, 5.41) is 0. The van der Waals surface area contributed by atoms with Crippen molar-refractivity contribution in [1.29, 1.82) is 0 Å². The summed E-state index contributed by atoms with van der Waals surface area (Å²) in [6, 6.07) is 15.1. The number of allylic oxidation sites excluding steroid dienone is 2. The normalized spacial score (nSPS) is 24.3. The Kier molecular flexibility index (Phi) is 8.44. The fraction of sp³-hybridized carbons (Fsp3) is 0.562. The van der Waals surface area contributed by atoms with E-state index in [9.17, 15) is 0 Å². The van der Waals surface area contributed by atoms with Gasteiger partial charge in [0.25, 0.3) is 0 Å². The van der Waals surface area contributed by atoms with Gasteiger partial charge in [0.05, 0.1) is 26.4 Å². The van der Waals surface area contributed by atoms with E-state index in [2.05, 4.69) is 69.3 Å². The quantitative estimate of drug-likeness (QED) is 0.231. The zero-order chi connectivity index (χ0) is 26.7. The largest absolute Gasteiger partial charge is 0.465 e. The first kappa shape index (κ1) is 27.2. The van der Waals surface area contributed by atoms with E-state index in [1.807, 2.05) is 13.8 Å². The molecule has 2 heterocycles. The molecular weight excluding hydrogens is 480 g/mol. The summed E-state index contributed by atoms with van der Waals surface area (Å²) in [5.74, 6) is 2.25. The van der Waals surface area contributed by atoms with Crippen molar-refractivity contribution < 1.29 is 28.4 Å². The Morgan fingerprint density at radius 1 is 0.868 bits per heavy atom. The van der Waals surface area contributed by atoms with Gasteiger partial charge in [0.2, 0.25) is 0 Å². The van der Waals surface area contributed by atoms with Crippen molar-refractivity contribution in [3.63, 3.8) is 0 Å². The molecule has 3 aliphatic rings. The minimum atomic E-state index is -0.314.